The second-order valence-corrected chi connectivity index (χ2v) is 5.52. The Balaban J connectivity index is 2.02. The number of esters is 1. The zero-order valence-corrected chi connectivity index (χ0v) is 12.2. The summed E-state index contributed by atoms with van der Waals surface area (Å²) >= 11 is 2.84. The quantitative estimate of drug-likeness (QED) is 0.523. The molecule has 0 aliphatic carbocycles. The number of hydrogen-bond donors (Lipinski definition) is 1. The van der Waals surface area contributed by atoms with Crippen molar-refractivity contribution in [2.45, 2.75) is 13.8 Å². The van der Waals surface area contributed by atoms with E-state index < -0.39 is 0 Å². The van der Waals surface area contributed by atoms with E-state index in [0.717, 1.165) is 4.88 Å². The van der Waals surface area contributed by atoms with Gasteiger partial charge in [-0.3, -0.25) is 5.43 Å². The van der Waals surface area contributed by atoms with Gasteiger partial charge in [-0.25, -0.2) is 9.78 Å². The Morgan fingerprint density at radius 2 is 2.47 bits per heavy atom. The molecule has 0 aliphatic rings. The van der Waals surface area contributed by atoms with Crippen LogP contribution in [0.4, 0.5) is 5.13 Å². The highest BCUT2D eigenvalue weighted by Crippen LogP contribution is 2.23. The second-order valence-electron chi connectivity index (χ2n) is 3.54. The van der Waals surface area contributed by atoms with Crippen molar-refractivity contribution in [2.24, 2.45) is 5.10 Å². The van der Waals surface area contributed by atoms with E-state index >= 15 is 0 Å². The number of aromatic nitrogens is 1. The molecule has 0 spiro atoms. The number of carbonyl (C=O) groups excluding carboxylic acids is 1. The van der Waals surface area contributed by atoms with E-state index in [9.17, 15) is 4.79 Å². The van der Waals surface area contributed by atoms with E-state index in [1.54, 1.807) is 31.4 Å². The Bertz CT molecular complexity index is 576. The molecule has 2 heterocycles. The minimum absolute atomic E-state index is 0.340. The van der Waals surface area contributed by atoms with Crippen LogP contribution in [0.15, 0.2) is 22.6 Å². The molecule has 0 atom stereocenters. The van der Waals surface area contributed by atoms with Crippen LogP contribution in [0.5, 0.6) is 0 Å². The van der Waals surface area contributed by atoms with E-state index in [1.807, 2.05) is 17.5 Å². The Hall–Kier alpha value is -1.73. The highest BCUT2D eigenvalue weighted by atomic mass is 32.1. The number of rotatable bonds is 5. The monoisotopic (exact) mass is 295 g/mol. The summed E-state index contributed by atoms with van der Waals surface area (Å²) in [5, 5.41) is 6.63. The molecule has 0 unspecified atom stereocenters. The molecule has 2 rings (SSSR count). The zero-order valence-electron chi connectivity index (χ0n) is 10.5. The molecule has 5 nitrogen and oxygen atoms in total. The van der Waals surface area contributed by atoms with Crippen LogP contribution in [0.3, 0.4) is 0 Å². The largest absolute Gasteiger partial charge is 0.462 e. The molecule has 0 bridgehead atoms. The molecule has 0 saturated heterocycles. The molecular formula is C12H13N3O2S2. The number of hydrazone groups is 1. The highest BCUT2D eigenvalue weighted by Gasteiger charge is 2.15. The summed E-state index contributed by atoms with van der Waals surface area (Å²) in [5.74, 6) is -0.340. The average Bonchev–Trinajstić information content (AvgIpc) is 2.99. The summed E-state index contributed by atoms with van der Waals surface area (Å²) in [4.78, 5) is 17.4. The number of ether oxygens (including phenoxy) is 1. The number of nitrogens with zero attached hydrogens (tertiary/aromatic N) is 2. The van der Waals surface area contributed by atoms with Crippen molar-refractivity contribution in [3.8, 4) is 0 Å². The molecule has 7 heteroatoms. The van der Waals surface area contributed by atoms with E-state index in [0.29, 0.717) is 22.3 Å². The Labute approximate surface area is 119 Å². The van der Waals surface area contributed by atoms with Crippen LogP contribution in [0.2, 0.25) is 0 Å². The smallest absolute Gasteiger partial charge is 0.350 e. The molecule has 0 saturated carbocycles. The van der Waals surface area contributed by atoms with E-state index in [-0.39, 0.29) is 5.97 Å². The topological polar surface area (TPSA) is 63.6 Å². The zero-order chi connectivity index (χ0) is 13.7. The molecule has 100 valence electrons. The fourth-order valence-corrected chi connectivity index (χ4v) is 2.74. The molecule has 0 aromatic carbocycles. The van der Waals surface area contributed by atoms with Crippen LogP contribution in [0, 0.1) is 6.92 Å². The lowest BCUT2D eigenvalue weighted by Gasteiger charge is -1.97. The fraction of sp³-hybridized carbons (Fsp3) is 0.250. The van der Waals surface area contributed by atoms with Crippen LogP contribution in [0.1, 0.15) is 27.2 Å². The van der Waals surface area contributed by atoms with Gasteiger partial charge < -0.3 is 4.74 Å². The fourth-order valence-electron chi connectivity index (χ4n) is 1.35. The predicted molar refractivity (Wildman–Crippen MR) is 78.3 cm³/mol. The normalized spacial score (nSPS) is 10.8. The summed E-state index contributed by atoms with van der Waals surface area (Å²) in [6, 6.07) is 3.92. The lowest BCUT2D eigenvalue weighted by molar-refractivity contribution is 0.0531. The number of aryl methyl sites for hydroxylation is 1. The van der Waals surface area contributed by atoms with E-state index in [2.05, 4.69) is 15.5 Å². The van der Waals surface area contributed by atoms with Gasteiger partial charge >= 0.3 is 5.97 Å². The van der Waals surface area contributed by atoms with Gasteiger partial charge in [0.2, 0.25) is 5.13 Å². The first kappa shape index (κ1) is 13.7. The van der Waals surface area contributed by atoms with Crippen molar-refractivity contribution in [1.29, 1.82) is 0 Å². The molecule has 1 N–H and O–H groups in total. The summed E-state index contributed by atoms with van der Waals surface area (Å²) in [6.45, 7) is 3.91. The lowest BCUT2D eigenvalue weighted by Crippen LogP contribution is -2.03. The summed E-state index contributed by atoms with van der Waals surface area (Å²) in [7, 11) is 0. The maximum atomic E-state index is 11.6. The number of anilines is 1. The number of thiazole rings is 1. The minimum atomic E-state index is -0.340. The van der Waals surface area contributed by atoms with Gasteiger partial charge in [0.25, 0.3) is 0 Å². The van der Waals surface area contributed by atoms with Gasteiger partial charge in [-0.2, -0.15) is 5.10 Å². The number of hydrogen-bond acceptors (Lipinski definition) is 7. The maximum Gasteiger partial charge on any atom is 0.350 e. The van der Waals surface area contributed by atoms with Gasteiger partial charge in [-0.05, 0) is 25.3 Å². The molecule has 0 fully saturated rings. The third-order valence-electron chi connectivity index (χ3n) is 2.15. The van der Waals surface area contributed by atoms with Gasteiger partial charge in [0.1, 0.15) is 4.88 Å². The minimum Gasteiger partial charge on any atom is -0.462 e. The Kier molecular flexibility index (Phi) is 4.64. The van der Waals surface area contributed by atoms with Crippen LogP contribution < -0.4 is 5.43 Å². The van der Waals surface area contributed by atoms with E-state index in [1.165, 1.54) is 11.3 Å². The van der Waals surface area contributed by atoms with Crippen LogP contribution in [-0.2, 0) is 4.74 Å². The lowest BCUT2D eigenvalue weighted by atomic mass is 10.4. The van der Waals surface area contributed by atoms with Crippen molar-refractivity contribution >= 4 is 40.0 Å². The molecule has 2 aromatic rings. The molecule has 0 aliphatic heterocycles. The van der Waals surface area contributed by atoms with Crippen molar-refractivity contribution < 1.29 is 9.53 Å². The van der Waals surface area contributed by atoms with Gasteiger partial charge in [0.15, 0.2) is 0 Å². The van der Waals surface area contributed by atoms with Crippen molar-refractivity contribution in [2.75, 3.05) is 12.0 Å². The number of thiophene rings is 1. The Morgan fingerprint density at radius 1 is 1.63 bits per heavy atom. The molecule has 19 heavy (non-hydrogen) atoms. The first-order valence-electron chi connectivity index (χ1n) is 5.68. The van der Waals surface area contributed by atoms with Gasteiger partial charge in [0.05, 0.1) is 18.5 Å². The van der Waals surface area contributed by atoms with Crippen molar-refractivity contribution in [3.05, 3.63) is 33.0 Å². The Morgan fingerprint density at radius 3 is 3.16 bits per heavy atom. The first-order chi connectivity index (χ1) is 9.20. The van der Waals surface area contributed by atoms with Gasteiger partial charge in [-0.1, -0.05) is 17.4 Å². The first-order valence-corrected chi connectivity index (χ1v) is 7.37. The summed E-state index contributed by atoms with van der Waals surface area (Å²) < 4.78 is 4.95. The molecule has 0 amide bonds. The molecule has 2 aromatic heterocycles. The summed E-state index contributed by atoms with van der Waals surface area (Å²) in [5.41, 5.74) is 3.47. The highest BCUT2D eigenvalue weighted by molar-refractivity contribution is 7.17. The molecular weight excluding hydrogens is 282 g/mol. The molecule has 0 radical (unpaired) electrons. The number of carbonyl (C=O) groups is 1. The third kappa shape index (κ3) is 3.62. The second kappa shape index (κ2) is 6.44. The van der Waals surface area contributed by atoms with Crippen molar-refractivity contribution in [3.63, 3.8) is 0 Å². The third-order valence-corrected chi connectivity index (χ3v) is 4.00. The predicted octanol–water partition coefficient (Wildman–Crippen LogP) is 3.14. The van der Waals surface area contributed by atoms with Crippen molar-refractivity contribution in [1.82, 2.24) is 4.98 Å². The van der Waals surface area contributed by atoms with Gasteiger partial charge in [-0.15, -0.1) is 11.3 Å². The SMILES string of the molecule is CCOC(=O)c1sc(N/N=C\c2cccs2)nc1C. The standard InChI is InChI=1S/C12H13N3O2S2/c1-3-17-11(16)10-8(2)14-12(19-10)15-13-7-9-5-4-6-18-9/h4-7H,3H2,1-2H3,(H,14,15)/b13-7-. The van der Waals surface area contributed by atoms with E-state index in [4.69, 9.17) is 4.74 Å². The summed E-state index contributed by atoms with van der Waals surface area (Å²) in [6.07, 6.45) is 1.71. The maximum absolute atomic E-state index is 11.6. The van der Waals surface area contributed by atoms with Gasteiger partial charge in [0, 0.05) is 4.88 Å². The average molecular weight is 295 g/mol. The van der Waals surface area contributed by atoms with Crippen LogP contribution >= 0.6 is 22.7 Å². The van der Waals surface area contributed by atoms with Crippen LogP contribution in [-0.4, -0.2) is 23.8 Å². The number of nitrogens with one attached hydrogen (secondary N) is 1. The van der Waals surface area contributed by atoms with Crippen LogP contribution in [0.25, 0.3) is 0 Å².